The van der Waals surface area contributed by atoms with Crippen molar-refractivity contribution in [3.8, 4) is 0 Å². The minimum absolute atomic E-state index is 0.178. The minimum atomic E-state index is -1.01. The van der Waals surface area contributed by atoms with E-state index in [4.69, 9.17) is 0 Å². The number of carboxylic acid groups (broad SMARTS) is 1. The van der Waals surface area contributed by atoms with Crippen LogP contribution in [-0.4, -0.2) is 40.0 Å². The molecule has 2 amide bonds. The molecule has 1 aromatic carbocycles. The van der Waals surface area contributed by atoms with Crippen molar-refractivity contribution in [1.82, 2.24) is 15.2 Å². The molecule has 32 heavy (non-hydrogen) atoms. The van der Waals surface area contributed by atoms with Gasteiger partial charge in [-0.2, -0.15) is 0 Å². The predicted octanol–water partition coefficient (Wildman–Crippen LogP) is 3.50. The first-order valence-electron chi connectivity index (χ1n) is 11.7. The summed E-state index contributed by atoms with van der Waals surface area (Å²) in [5.74, 6) is -2.07. The van der Waals surface area contributed by atoms with Gasteiger partial charge in [-0.05, 0) is 36.8 Å². The molecule has 0 radical (unpaired) electrons. The van der Waals surface area contributed by atoms with Gasteiger partial charge in [-0.1, -0.05) is 44.9 Å². The molecule has 2 unspecified atom stereocenters. The van der Waals surface area contributed by atoms with E-state index < -0.39 is 17.9 Å². The van der Waals surface area contributed by atoms with E-state index in [0.717, 1.165) is 48.7 Å². The Balaban J connectivity index is 1.88. The summed E-state index contributed by atoms with van der Waals surface area (Å²) in [5.41, 5.74) is 2.15. The zero-order valence-electron chi connectivity index (χ0n) is 19.1. The molecule has 2 bridgehead atoms. The summed E-state index contributed by atoms with van der Waals surface area (Å²) in [6, 6.07) is 7.39. The van der Waals surface area contributed by atoms with Gasteiger partial charge in [-0.25, -0.2) is 0 Å². The second-order valence-corrected chi connectivity index (χ2v) is 9.26. The Morgan fingerprint density at radius 3 is 2.69 bits per heavy atom. The standard InChI is InChI=1S/C25H35N3O4/c1-17(2)13-18(15-23(29)30)24(31)27-21-14-19-16-28(22-10-6-5-9-20(19)22)12-8-4-3-7-11-26-25(21)32/h5-6,9-10,16-18,21H,3-4,7-8,11-15H2,1-2H3,(H,26,32)(H,27,31)(H,29,30). The van der Waals surface area contributed by atoms with Crippen molar-refractivity contribution in [2.75, 3.05) is 6.54 Å². The first-order chi connectivity index (χ1) is 15.3. The van der Waals surface area contributed by atoms with Crippen molar-refractivity contribution in [3.05, 3.63) is 36.0 Å². The minimum Gasteiger partial charge on any atom is -0.481 e. The number of hydrogen-bond donors (Lipinski definition) is 3. The third-order valence-electron chi connectivity index (χ3n) is 6.10. The van der Waals surface area contributed by atoms with Gasteiger partial charge in [0.25, 0.3) is 0 Å². The highest BCUT2D eigenvalue weighted by Crippen LogP contribution is 2.24. The van der Waals surface area contributed by atoms with Crippen LogP contribution in [0.2, 0.25) is 0 Å². The molecule has 1 aliphatic heterocycles. The molecule has 2 heterocycles. The summed E-state index contributed by atoms with van der Waals surface area (Å²) in [7, 11) is 0. The SMILES string of the molecule is CC(C)CC(CC(=O)O)C(=O)NC1Cc2cn(c3ccccc23)CCCCCCNC1=O. The van der Waals surface area contributed by atoms with E-state index in [0.29, 0.717) is 19.4 Å². The van der Waals surface area contributed by atoms with Gasteiger partial charge in [0.05, 0.1) is 6.42 Å². The number of carbonyl (C=O) groups excluding carboxylic acids is 2. The highest BCUT2D eigenvalue weighted by molar-refractivity contribution is 5.91. The maximum Gasteiger partial charge on any atom is 0.304 e. The van der Waals surface area contributed by atoms with Crippen molar-refractivity contribution in [3.63, 3.8) is 0 Å². The Kier molecular flexibility index (Phi) is 8.31. The Labute approximate surface area is 189 Å². The van der Waals surface area contributed by atoms with Crippen LogP contribution in [0.25, 0.3) is 10.9 Å². The number of carboxylic acids is 1. The number of aryl methyl sites for hydroxylation is 1. The van der Waals surface area contributed by atoms with Crippen LogP contribution in [0, 0.1) is 11.8 Å². The summed E-state index contributed by atoms with van der Waals surface area (Å²) in [6.07, 6.45) is 6.81. The van der Waals surface area contributed by atoms with Gasteiger partial charge < -0.3 is 20.3 Å². The van der Waals surface area contributed by atoms with E-state index in [-0.39, 0.29) is 24.2 Å². The summed E-state index contributed by atoms with van der Waals surface area (Å²) in [6.45, 7) is 5.42. The van der Waals surface area contributed by atoms with Crippen molar-refractivity contribution >= 4 is 28.7 Å². The topological polar surface area (TPSA) is 100 Å². The van der Waals surface area contributed by atoms with Crippen molar-refractivity contribution < 1.29 is 19.5 Å². The molecule has 3 N–H and O–H groups in total. The molecule has 1 aliphatic rings. The summed E-state index contributed by atoms with van der Waals surface area (Å²) >= 11 is 0. The summed E-state index contributed by atoms with van der Waals surface area (Å²) in [5, 5.41) is 16.2. The largest absolute Gasteiger partial charge is 0.481 e. The van der Waals surface area contributed by atoms with Crippen LogP contribution in [0.4, 0.5) is 0 Å². The maximum absolute atomic E-state index is 13.0. The number of fused-ring (bicyclic) bond motifs is 5. The molecule has 174 valence electrons. The maximum atomic E-state index is 13.0. The molecular formula is C25H35N3O4. The molecule has 1 aromatic heterocycles. The van der Waals surface area contributed by atoms with E-state index in [2.05, 4.69) is 33.5 Å². The quantitative estimate of drug-likeness (QED) is 0.639. The average Bonchev–Trinajstić information content (AvgIpc) is 3.08. The lowest BCUT2D eigenvalue weighted by atomic mass is 9.92. The van der Waals surface area contributed by atoms with E-state index in [1.54, 1.807) is 0 Å². The monoisotopic (exact) mass is 441 g/mol. The fourth-order valence-electron chi connectivity index (χ4n) is 4.55. The molecule has 0 saturated carbocycles. The zero-order valence-corrected chi connectivity index (χ0v) is 19.1. The van der Waals surface area contributed by atoms with Crippen molar-refractivity contribution in [2.24, 2.45) is 11.8 Å². The zero-order chi connectivity index (χ0) is 23.1. The van der Waals surface area contributed by atoms with Gasteiger partial charge in [-0.3, -0.25) is 14.4 Å². The molecule has 0 fully saturated rings. The molecule has 2 atom stereocenters. The van der Waals surface area contributed by atoms with Gasteiger partial charge in [0.15, 0.2) is 0 Å². The van der Waals surface area contributed by atoms with Crippen LogP contribution < -0.4 is 10.6 Å². The molecule has 2 aromatic rings. The van der Waals surface area contributed by atoms with Crippen LogP contribution >= 0.6 is 0 Å². The highest BCUT2D eigenvalue weighted by Gasteiger charge is 2.28. The number of aromatic nitrogens is 1. The van der Waals surface area contributed by atoms with E-state index in [1.807, 2.05) is 26.0 Å². The lowest BCUT2D eigenvalue weighted by Crippen LogP contribution is -2.50. The van der Waals surface area contributed by atoms with Gasteiger partial charge in [-0.15, -0.1) is 0 Å². The number of nitrogens with one attached hydrogen (secondary N) is 2. The average molecular weight is 442 g/mol. The van der Waals surface area contributed by atoms with Crippen LogP contribution in [-0.2, 0) is 27.3 Å². The van der Waals surface area contributed by atoms with Crippen LogP contribution in [0.1, 0.15) is 57.9 Å². The van der Waals surface area contributed by atoms with E-state index in [9.17, 15) is 19.5 Å². The van der Waals surface area contributed by atoms with Gasteiger partial charge >= 0.3 is 5.97 Å². The first kappa shape index (κ1) is 23.8. The number of aliphatic carboxylic acids is 1. The molecular weight excluding hydrogens is 406 g/mol. The van der Waals surface area contributed by atoms with Crippen LogP contribution in [0.5, 0.6) is 0 Å². The Bertz CT molecular complexity index is 950. The van der Waals surface area contributed by atoms with Crippen molar-refractivity contribution in [2.45, 2.75) is 71.4 Å². The summed E-state index contributed by atoms with van der Waals surface area (Å²) in [4.78, 5) is 37.4. The number of carbonyl (C=O) groups is 3. The van der Waals surface area contributed by atoms with E-state index >= 15 is 0 Å². The fraction of sp³-hybridized carbons (Fsp3) is 0.560. The summed E-state index contributed by atoms with van der Waals surface area (Å²) < 4.78 is 2.24. The number of para-hydroxylation sites is 1. The Morgan fingerprint density at radius 2 is 1.94 bits per heavy atom. The molecule has 3 rings (SSSR count). The third kappa shape index (κ3) is 6.34. The normalized spacial score (nSPS) is 18.8. The number of rotatable bonds is 6. The molecule has 7 heteroatoms. The van der Waals surface area contributed by atoms with Gasteiger partial charge in [0.1, 0.15) is 6.04 Å². The van der Waals surface area contributed by atoms with Gasteiger partial charge in [0, 0.05) is 42.5 Å². The first-order valence-corrected chi connectivity index (χ1v) is 11.7. The lowest BCUT2D eigenvalue weighted by Gasteiger charge is -2.22. The smallest absolute Gasteiger partial charge is 0.304 e. The molecule has 0 aliphatic carbocycles. The second kappa shape index (κ2) is 11.2. The fourth-order valence-corrected chi connectivity index (χ4v) is 4.55. The molecule has 0 saturated heterocycles. The third-order valence-corrected chi connectivity index (χ3v) is 6.10. The number of amides is 2. The Morgan fingerprint density at radius 1 is 1.19 bits per heavy atom. The Hall–Kier alpha value is -2.83. The molecule has 0 spiro atoms. The predicted molar refractivity (Wildman–Crippen MR) is 124 cm³/mol. The second-order valence-electron chi connectivity index (χ2n) is 9.26. The number of hydrogen-bond acceptors (Lipinski definition) is 3. The highest BCUT2D eigenvalue weighted by atomic mass is 16.4. The van der Waals surface area contributed by atoms with Crippen LogP contribution in [0.3, 0.4) is 0 Å². The number of benzene rings is 1. The van der Waals surface area contributed by atoms with Crippen LogP contribution in [0.15, 0.2) is 30.5 Å². The molecule has 7 nitrogen and oxygen atoms in total. The number of nitrogens with zero attached hydrogens (tertiary/aromatic N) is 1. The van der Waals surface area contributed by atoms with Crippen molar-refractivity contribution in [1.29, 1.82) is 0 Å². The van der Waals surface area contributed by atoms with Gasteiger partial charge in [0.2, 0.25) is 11.8 Å². The van der Waals surface area contributed by atoms with E-state index in [1.165, 1.54) is 0 Å². The lowest BCUT2D eigenvalue weighted by molar-refractivity contribution is -0.141.